The lowest BCUT2D eigenvalue weighted by Crippen LogP contribution is -2.33. The second-order valence-corrected chi connectivity index (χ2v) is 4.24. The Morgan fingerprint density at radius 3 is 2.71 bits per heavy atom. The van der Waals surface area contributed by atoms with E-state index < -0.39 is 0 Å². The van der Waals surface area contributed by atoms with Crippen LogP contribution in [0.3, 0.4) is 0 Å². The number of amides is 1. The highest BCUT2D eigenvalue weighted by Crippen LogP contribution is 2.02. The predicted molar refractivity (Wildman–Crippen MR) is 61.7 cm³/mol. The average molecular weight is 266 g/mol. The zero-order chi connectivity index (χ0) is 10.8. The molecule has 0 radical (unpaired) electrons. The highest BCUT2D eigenvalue weighted by molar-refractivity contribution is 9.10. The van der Waals surface area contributed by atoms with Gasteiger partial charge in [-0.2, -0.15) is 0 Å². The first-order valence-electron chi connectivity index (χ1n) is 5.21. The number of rotatable bonds is 8. The van der Waals surface area contributed by atoms with Gasteiger partial charge in [-0.15, -0.1) is 0 Å². The molecule has 0 rings (SSSR count). The molecule has 0 saturated carbocycles. The molecule has 3 nitrogen and oxygen atoms in total. The van der Waals surface area contributed by atoms with Gasteiger partial charge in [-0.3, -0.25) is 4.79 Å². The van der Waals surface area contributed by atoms with Crippen molar-refractivity contribution in [3.05, 3.63) is 0 Å². The van der Waals surface area contributed by atoms with Gasteiger partial charge in [-0.1, -0.05) is 36.2 Å². The zero-order valence-electron chi connectivity index (χ0n) is 9.01. The molecule has 0 aliphatic carbocycles. The van der Waals surface area contributed by atoms with Crippen LogP contribution in [-0.4, -0.2) is 30.5 Å². The molecule has 14 heavy (non-hydrogen) atoms. The van der Waals surface area contributed by atoms with E-state index in [1.165, 1.54) is 0 Å². The third-order valence-corrected chi connectivity index (χ3v) is 2.89. The van der Waals surface area contributed by atoms with Crippen LogP contribution in [0.2, 0.25) is 0 Å². The number of carbonyl (C=O) groups excluding carboxylic acids is 1. The van der Waals surface area contributed by atoms with Gasteiger partial charge in [0.15, 0.2) is 0 Å². The summed E-state index contributed by atoms with van der Waals surface area (Å²) in [5.74, 6) is 0.0478. The number of unbranched alkanes of at least 4 members (excludes halogenated alkanes) is 1. The predicted octanol–water partition coefficient (Wildman–Crippen LogP) is 2.09. The van der Waals surface area contributed by atoms with E-state index in [9.17, 15) is 4.79 Å². The summed E-state index contributed by atoms with van der Waals surface area (Å²) in [4.78, 5) is 11.2. The van der Waals surface area contributed by atoms with Gasteiger partial charge >= 0.3 is 0 Å². The Kier molecular flexibility index (Phi) is 9.40. The molecule has 1 atom stereocenters. The minimum absolute atomic E-state index is 0.0478. The highest BCUT2D eigenvalue weighted by Gasteiger charge is 2.10. The van der Waals surface area contributed by atoms with Crippen molar-refractivity contribution in [2.24, 2.45) is 0 Å². The van der Waals surface area contributed by atoms with Gasteiger partial charge in [0, 0.05) is 13.2 Å². The van der Waals surface area contributed by atoms with Crippen molar-refractivity contribution in [2.45, 2.75) is 37.9 Å². The number of carbonyl (C=O) groups is 1. The van der Waals surface area contributed by atoms with E-state index >= 15 is 0 Å². The summed E-state index contributed by atoms with van der Waals surface area (Å²) in [5, 5.41) is 2.80. The van der Waals surface area contributed by atoms with Crippen molar-refractivity contribution in [3.63, 3.8) is 0 Å². The molecule has 0 aromatic rings. The smallest absolute Gasteiger partial charge is 0.233 e. The van der Waals surface area contributed by atoms with Crippen LogP contribution in [0.15, 0.2) is 0 Å². The van der Waals surface area contributed by atoms with Gasteiger partial charge in [0.2, 0.25) is 5.91 Å². The van der Waals surface area contributed by atoms with Crippen LogP contribution < -0.4 is 5.32 Å². The molecule has 1 amide bonds. The molecule has 84 valence electrons. The summed E-state index contributed by atoms with van der Waals surface area (Å²) in [6.45, 7) is 6.09. The molecule has 0 bridgehead atoms. The summed E-state index contributed by atoms with van der Waals surface area (Å²) in [5.41, 5.74) is 0. The first-order valence-corrected chi connectivity index (χ1v) is 6.13. The number of halogens is 1. The van der Waals surface area contributed by atoms with Crippen LogP contribution in [0.1, 0.15) is 33.1 Å². The largest absolute Gasteiger partial charge is 0.380 e. The van der Waals surface area contributed by atoms with Crippen LogP contribution in [0.4, 0.5) is 0 Å². The van der Waals surface area contributed by atoms with Crippen LogP contribution in [-0.2, 0) is 9.53 Å². The van der Waals surface area contributed by atoms with Gasteiger partial charge in [-0.05, 0) is 12.8 Å². The fourth-order valence-electron chi connectivity index (χ4n) is 0.891. The lowest BCUT2D eigenvalue weighted by atomic mass is 10.3. The molecule has 0 heterocycles. The molecule has 1 N–H and O–H groups in total. The lowest BCUT2D eigenvalue weighted by molar-refractivity contribution is -0.120. The maximum atomic E-state index is 11.2. The van der Waals surface area contributed by atoms with Crippen molar-refractivity contribution in [2.75, 3.05) is 19.8 Å². The van der Waals surface area contributed by atoms with Gasteiger partial charge < -0.3 is 10.1 Å². The van der Waals surface area contributed by atoms with Crippen molar-refractivity contribution in [3.8, 4) is 0 Å². The van der Waals surface area contributed by atoms with Gasteiger partial charge in [0.05, 0.1) is 11.4 Å². The van der Waals surface area contributed by atoms with E-state index in [2.05, 4.69) is 28.2 Å². The standard InChI is InChI=1S/C10H20BrNO2/c1-3-5-7-14-8-6-12-10(13)9(11)4-2/h9H,3-8H2,1-2H3,(H,12,13). The topological polar surface area (TPSA) is 38.3 Å². The van der Waals surface area contributed by atoms with Crippen molar-refractivity contribution < 1.29 is 9.53 Å². The van der Waals surface area contributed by atoms with E-state index in [4.69, 9.17) is 4.74 Å². The molecular weight excluding hydrogens is 246 g/mol. The van der Waals surface area contributed by atoms with Crippen molar-refractivity contribution in [1.29, 1.82) is 0 Å². The van der Waals surface area contributed by atoms with E-state index in [1.54, 1.807) is 0 Å². The lowest BCUT2D eigenvalue weighted by Gasteiger charge is -2.08. The maximum Gasteiger partial charge on any atom is 0.233 e. The number of ether oxygens (including phenoxy) is 1. The molecule has 4 heteroatoms. The zero-order valence-corrected chi connectivity index (χ0v) is 10.6. The number of alkyl halides is 1. The summed E-state index contributed by atoms with van der Waals surface area (Å²) in [6.07, 6.45) is 3.04. The monoisotopic (exact) mass is 265 g/mol. The third kappa shape index (κ3) is 7.33. The van der Waals surface area contributed by atoms with E-state index in [-0.39, 0.29) is 10.7 Å². The van der Waals surface area contributed by atoms with Gasteiger partial charge in [-0.25, -0.2) is 0 Å². The first-order chi connectivity index (χ1) is 6.72. The molecule has 0 aromatic heterocycles. The highest BCUT2D eigenvalue weighted by atomic mass is 79.9. The number of nitrogens with one attached hydrogen (secondary N) is 1. The Morgan fingerprint density at radius 1 is 1.43 bits per heavy atom. The Balaban J connectivity index is 3.23. The average Bonchev–Trinajstić information content (AvgIpc) is 2.21. The van der Waals surface area contributed by atoms with Crippen molar-refractivity contribution in [1.82, 2.24) is 5.32 Å². The summed E-state index contributed by atoms with van der Waals surface area (Å²) in [6, 6.07) is 0. The molecule has 0 saturated heterocycles. The fraction of sp³-hybridized carbons (Fsp3) is 0.900. The molecule has 0 aromatic carbocycles. The molecule has 1 unspecified atom stereocenters. The summed E-state index contributed by atoms with van der Waals surface area (Å²) < 4.78 is 5.31. The van der Waals surface area contributed by atoms with E-state index in [1.807, 2.05) is 6.92 Å². The number of hydrogen-bond donors (Lipinski definition) is 1. The minimum atomic E-state index is -0.0712. The molecular formula is C10H20BrNO2. The van der Waals surface area contributed by atoms with Crippen LogP contribution >= 0.6 is 15.9 Å². The van der Waals surface area contributed by atoms with Crippen LogP contribution in [0, 0.1) is 0 Å². The molecule has 0 aliphatic rings. The Labute approximate surface area is 94.7 Å². The van der Waals surface area contributed by atoms with Gasteiger partial charge in [0.25, 0.3) is 0 Å². The third-order valence-electron chi connectivity index (χ3n) is 1.83. The summed E-state index contributed by atoms with van der Waals surface area (Å²) in [7, 11) is 0. The second kappa shape index (κ2) is 9.46. The second-order valence-electron chi connectivity index (χ2n) is 3.13. The molecule has 0 fully saturated rings. The molecule has 0 spiro atoms. The Morgan fingerprint density at radius 2 is 2.14 bits per heavy atom. The van der Waals surface area contributed by atoms with E-state index in [0.29, 0.717) is 13.2 Å². The number of hydrogen-bond acceptors (Lipinski definition) is 2. The fourth-order valence-corrected chi connectivity index (χ4v) is 1.05. The SMILES string of the molecule is CCCCOCCNC(=O)C(Br)CC. The van der Waals surface area contributed by atoms with E-state index in [0.717, 1.165) is 25.9 Å². The normalized spacial score (nSPS) is 12.5. The van der Waals surface area contributed by atoms with Crippen LogP contribution in [0.5, 0.6) is 0 Å². The minimum Gasteiger partial charge on any atom is -0.380 e. The summed E-state index contributed by atoms with van der Waals surface area (Å²) >= 11 is 3.28. The maximum absolute atomic E-state index is 11.2. The van der Waals surface area contributed by atoms with Crippen LogP contribution in [0.25, 0.3) is 0 Å². The Bertz CT molecular complexity index is 153. The Hall–Kier alpha value is -0.0900. The van der Waals surface area contributed by atoms with Gasteiger partial charge in [0.1, 0.15) is 0 Å². The molecule has 0 aliphatic heterocycles. The first kappa shape index (κ1) is 13.9. The van der Waals surface area contributed by atoms with Crippen molar-refractivity contribution >= 4 is 21.8 Å². The quantitative estimate of drug-likeness (QED) is 0.539.